The lowest BCUT2D eigenvalue weighted by Gasteiger charge is -2.34. The number of hydrogen-bond acceptors (Lipinski definition) is 4. The van der Waals surface area contributed by atoms with Gasteiger partial charge in [0.1, 0.15) is 11.9 Å². The molecule has 5 nitrogen and oxygen atoms in total. The minimum Gasteiger partial charge on any atom is -0.353 e. The van der Waals surface area contributed by atoms with Gasteiger partial charge in [-0.3, -0.25) is 4.68 Å². The number of halogens is 3. The second kappa shape index (κ2) is 6.15. The molecular weight excluding hydrogens is 319 g/mol. The number of alkyl halides is 3. The van der Waals surface area contributed by atoms with Gasteiger partial charge < -0.3 is 4.90 Å². The number of piperidine rings is 1. The SMILES string of the molecule is Cc1ccnc(N2CCC[C@H](n3ccc(C(F)(F)F)n3)C2)c1C#N. The normalized spacial score (nSPS) is 18.5. The predicted octanol–water partition coefficient (Wildman–Crippen LogP) is 3.32. The van der Waals surface area contributed by atoms with Crippen molar-refractivity contribution < 1.29 is 13.2 Å². The fourth-order valence-corrected chi connectivity index (χ4v) is 2.98. The summed E-state index contributed by atoms with van der Waals surface area (Å²) in [7, 11) is 0. The van der Waals surface area contributed by atoms with Crippen molar-refractivity contribution in [3.05, 3.63) is 41.3 Å². The van der Waals surface area contributed by atoms with Gasteiger partial charge in [-0.2, -0.15) is 23.5 Å². The zero-order valence-electron chi connectivity index (χ0n) is 13.1. The zero-order valence-corrected chi connectivity index (χ0v) is 13.1. The van der Waals surface area contributed by atoms with E-state index in [2.05, 4.69) is 16.2 Å². The molecule has 1 fully saturated rings. The standard InChI is InChI=1S/C16H16F3N5/c1-11-4-6-21-15(13(11)9-20)23-7-2-3-12(10-23)24-8-5-14(22-24)16(17,18)19/h4-6,8,12H,2-3,7,10H2,1H3/t12-/m0/s1. The maximum absolute atomic E-state index is 12.7. The molecule has 1 aliphatic rings. The molecule has 2 aromatic heterocycles. The summed E-state index contributed by atoms with van der Waals surface area (Å²) in [5, 5.41) is 13.0. The van der Waals surface area contributed by atoms with E-state index < -0.39 is 11.9 Å². The molecular formula is C16H16F3N5. The van der Waals surface area contributed by atoms with Crippen LogP contribution in [-0.4, -0.2) is 27.9 Å². The van der Waals surface area contributed by atoms with Crippen molar-refractivity contribution in [2.75, 3.05) is 18.0 Å². The molecule has 1 atom stereocenters. The van der Waals surface area contributed by atoms with Crippen LogP contribution in [0.5, 0.6) is 0 Å². The highest BCUT2D eigenvalue weighted by molar-refractivity contribution is 5.57. The Morgan fingerprint density at radius 2 is 2.12 bits per heavy atom. The lowest BCUT2D eigenvalue weighted by molar-refractivity contribution is -0.141. The van der Waals surface area contributed by atoms with Crippen LogP contribution in [0.3, 0.4) is 0 Å². The number of nitrogens with zero attached hydrogens (tertiary/aromatic N) is 5. The van der Waals surface area contributed by atoms with Crippen LogP contribution in [0, 0.1) is 18.3 Å². The molecule has 8 heteroatoms. The lowest BCUT2D eigenvalue weighted by Crippen LogP contribution is -2.38. The number of hydrogen-bond donors (Lipinski definition) is 0. The Labute approximate surface area is 137 Å². The van der Waals surface area contributed by atoms with Crippen LogP contribution in [0.1, 0.15) is 35.7 Å². The Morgan fingerprint density at radius 3 is 2.79 bits per heavy atom. The van der Waals surface area contributed by atoms with E-state index in [4.69, 9.17) is 0 Å². The van der Waals surface area contributed by atoms with Crippen LogP contribution in [0.25, 0.3) is 0 Å². The molecule has 0 radical (unpaired) electrons. The van der Waals surface area contributed by atoms with E-state index >= 15 is 0 Å². The summed E-state index contributed by atoms with van der Waals surface area (Å²) in [5.41, 5.74) is 0.462. The Morgan fingerprint density at radius 1 is 1.33 bits per heavy atom. The molecule has 0 aliphatic carbocycles. The van der Waals surface area contributed by atoms with E-state index in [0.717, 1.165) is 31.0 Å². The fourth-order valence-electron chi connectivity index (χ4n) is 2.98. The molecule has 24 heavy (non-hydrogen) atoms. The third-order valence-corrected chi connectivity index (χ3v) is 4.22. The van der Waals surface area contributed by atoms with Crippen molar-refractivity contribution >= 4 is 5.82 Å². The average molecular weight is 335 g/mol. The van der Waals surface area contributed by atoms with Crippen LogP contribution in [-0.2, 0) is 6.18 Å². The number of pyridine rings is 1. The van der Waals surface area contributed by atoms with E-state index in [1.165, 1.54) is 10.9 Å². The van der Waals surface area contributed by atoms with Gasteiger partial charge in [0.2, 0.25) is 0 Å². The molecule has 126 valence electrons. The van der Waals surface area contributed by atoms with Gasteiger partial charge >= 0.3 is 6.18 Å². The Balaban J connectivity index is 1.84. The van der Waals surface area contributed by atoms with Gasteiger partial charge in [0.05, 0.1) is 11.6 Å². The highest BCUT2D eigenvalue weighted by Gasteiger charge is 2.34. The molecule has 1 aliphatic heterocycles. The highest BCUT2D eigenvalue weighted by atomic mass is 19.4. The predicted molar refractivity (Wildman–Crippen MR) is 81.4 cm³/mol. The summed E-state index contributed by atoms with van der Waals surface area (Å²) in [6.45, 7) is 3.04. The van der Waals surface area contributed by atoms with Crippen molar-refractivity contribution in [3.63, 3.8) is 0 Å². The first kappa shape index (κ1) is 16.3. The van der Waals surface area contributed by atoms with Crippen molar-refractivity contribution in [2.45, 2.75) is 32.0 Å². The summed E-state index contributed by atoms with van der Waals surface area (Å²) in [6.07, 6.45) is 0.109. The quantitative estimate of drug-likeness (QED) is 0.845. The zero-order chi connectivity index (χ0) is 17.3. The molecule has 0 spiro atoms. The molecule has 0 saturated carbocycles. The summed E-state index contributed by atoms with van der Waals surface area (Å²) >= 11 is 0. The first-order valence-corrected chi connectivity index (χ1v) is 7.63. The minimum absolute atomic E-state index is 0.177. The Kier molecular flexibility index (Phi) is 4.18. The number of rotatable bonds is 2. The molecule has 0 amide bonds. The molecule has 3 rings (SSSR count). The largest absolute Gasteiger partial charge is 0.435 e. The van der Waals surface area contributed by atoms with E-state index in [9.17, 15) is 18.4 Å². The van der Waals surface area contributed by atoms with Gasteiger partial charge in [0, 0.05) is 25.5 Å². The lowest BCUT2D eigenvalue weighted by atomic mass is 10.0. The first-order chi connectivity index (χ1) is 11.4. The number of nitriles is 1. The highest BCUT2D eigenvalue weighted by Crippen LogP contribution is 2.31. The van der Waals surface area contributed by atoms with Gasteiger partial charge in [-0.05, 0) is 37.5 Å². The fraction of sp³-hybridized carbons (Fsp3) is 0.438. The number of anilines is 1. The molecule has 0 N–H and O–H groups in total. The van der Waals surface area contributed by atoms with Crippen molar-refractivity contribution in [2.24, 2.45) is 0 Å². The summed E-state index contributed by atoms with van der Waals surface area (Å²) in [5.74, 6) is 0.588. The van der Waals surface area contributed by atoms with Crippen LogP contribution in [0.2, 0.25) is 0 Å². The number of aryl methyl sites for hydroxylation is 1. The minimum atomic E-state index is -4.44. The van der Waals surface area contributed by atoms with Gasteiger partial charge in [-0.1, -0.05) is 0 Å². The van der Waals surface area contributed by atoms with E-state index in [0.29, 0.717) is 17.9 Å². The van der Waals surface area contributed by atoms with Crippen molar-refractivity contribution in [1.29, 1.82) is 5.26 Å². The number of aromatic nitrogens is 3. The Bertz CT molecular complexity index is 775. The van der Waals surface area contributed by atoms with Crippen LogP contribution in [0.4, 0.5) is 19.0 Å². The van der Waals surface area contributed by atoms with Gasteiger partial charge in [-0.25, -0.2) is 4.98 Å². The first-order valence-electron chi connectivity index (χ1n) is 7.63. The van der Waals surface area contributed by atoms with Crippen molar-refractivity contribution in [3.8, 4) is 6.07 Å². The van der Waals surface area contributed by atoms with E-state index in [-0.39, 0.29) is 6.04 Å². The van der Waals surface area contributed by atoms with Gasteiger partial charge in [-0.15, -0.1) is 0 Å². The molecule has 3 heterocycles. The van der Waals surface area contributed by atoms with Crippen LogP contribution < -0.4 is 4.90 Å². The molecule has 2 aromatic rings. The molecule has 0 bridgehead atoms. The summed E-state index contributed by atoms with van der Waals surface area (Å²) in [6, 6.07) is 4.75. The smallest absolute Gasteiger partial charge is 0.353 e. The maximum Gasteiger partial charge on any atom is 0.435 e. The Hall–Kier alpha value is -2.56. The van der Waals surface area contributed by atoms with E-state index in [1.54, 1.807) is 12.3 Å². The summed E-state index contributed by atoms with van der Waals surface area (Å²) in [4.78, 5) is 6.25. The van der Waals surface area contributed by atoms with Gasteiger partial charge in [0.25, 0.3) is 0 Å². The van der Waals surface area contributed by atoms with Crippen LogP contribution >= 0.6 is 0 Å². The third kappa shape index (κ3) is 3.07. The van der Waals surface area contributed by atoms with E-state index in [1.807, 2.05) is 11.8 Å². The van der Waals surface area contributed by atoms with Crippen LogP contribution in [0.15, 0.2) is 24.5 Å². The summed E-state index contributed by atoms with van der Waals surface area (Å²) < 4.78 is 39.5. The second-order valence-corrected chi connectivity index (χ2v) is 5.86. The monoisotopic (exact) mass is 335 g/mol. The average Bonchev–Trinajstić information content (AvgIpc) is 3.05. The van der Waals surface area contributed by atoms with Crippen molar-refractivity contribution in [1.82, 2.24) is 14.8 Å². The third-order valence-electron chi connectivity index (χ3n) is 4.22. The second-order valence-electron chi connectivity index (χ2n) is 5.86. The molecule has 0 aromatic carbocycles. The topological polar surface area (TPSA) is 57.7 Å². The maximum atomic E-state index is 12.7. The molecule has 1 saturated heterocycles. The van der Waals surface area contributed by atoms with Gasteiger partial charge in [0.15, 0.2) is 5.69 Å². The molecule has 0 unspecified atom stereocenters.